The summed E-state index contributed by atoms with van der Waals surface area (Å²) >= 11 is 2.23. The molecule has 0 amide bonds. The third kappa shape index (κ3) is 3.46. The lowest BCUT2D eigenvalue weighted by atomic mass is 10.1. The van der Waals surface area contributed by atoms with Crippen LogP contribution >= 0.6 is 22.6 Å². The van der Waals surface area contributed by atoms with Gasteiger partial charge in [0, 0.05) is 32.8 Å². The Labute approximate surface area is 200 Å². The van der Waals surface area contributed by atoms with E-state index in [9.17, 15) is 4.79 Å². The average molecular weight is 531 g/mol. The molecule has 0 bridgehead atoms. The molecule has 0 aliphatic rings. The Balaban J connectivity index is 1.77. The monoisotopic (exact) mass is 531 g/mol. The summed E-state index contributed by atoms with van der Waals surface area (Å²) in [4.78, 5) is 18.5. The molecule has 2 aromatic heterocycles. The summed E-state index contributed by atoms with van der Waals surface area (Å²) in [6.07, 6.45) is 4.03. The van der Waals surface area contributed by atoms with E-state index in [0.717, 1.165) is 20.4 Å². The molecule has 0 spiro atoms. The van der Waals surface area contributed by atoms with Crippen LogP contribution in [0.3, 0.4) is 0 Å². The molecule has 0 atom stereocenters. The van der Waals surface area contributed by atoms with Gasteiger partial charge in [0.1, 0.15) is 5.82 Å². The van der Waals surface area contributed by atoms with Gasteiger partial charge < -0.3 is 4.57 Å². The van der Waals surface area contributed by atoms with Crippen LogP contribution in [0.15, 0.2) is 71.5 Å². The van der Waals surface area contributed by atoms with Crippen molar-refractivity contribution in [3.8, 4) is 5.69 Å². The standard InChI is InChI=1S/C27H22IN3O/c1-17-7-6-8-20(15-17)31-26(29-24-13-11-19(28)16-23(24)27(31)32)14-12-21-18(2)30(3)25-10-5-4-9-22(21)25/h4-16H,1-3H3/b14-12+. The quantitative estimate of drug-likeness (QED) is 0.258. The van der Waals surface area contributed by atoms with Gasteiger partial charge in [-0.25, -0.2) is 4.98 Å². The molecule has 0 radical (unpaired) electrons. The Kier molecular flexibility index (Phi) is 5.21. The zero-order valence-corrected chi connectivity index (χ0v) is 20.3. The Bertz CT molecular complexity index is 1590. The van der Waals surface area contributed by atoms with Crippen LogP contribution < -0.4 is 5.56 Å². The maximum atomic E-state index is 13.6. The lowest BCUT2D eigenvalue weighted by Gasteiger charge is -2.12. The maximum absolute atomic E-state index is 13.6. The summed E-state index contributed by atoms with van der Waals surface area (Å²) in [5.41, 5.74) is 6.04. The number of halogens is 1. The molecule has 5 aromatic rings. The Morgan fingerprint density at radius 1 is 0.906 bits per heavy atom. The number of fused-ring (bicyclic) bond motifs is 2. The second kappa shape index (κ2) is 8.06. The van der Waals surface area contributed by atoms with E-state index in [1.54, 1.807) is 4.57 Å². The molecule has 5 rings (SSSR count). The van der Waals surface area contributed by atoms with Crippen LogP contribution in [-0.2, 0) is 7.05 Å². The SMILES string of the molecule is Cc1cccc(-n2c(/C=C/c3c(C)n(C)c4ccccc34)nc3ccc(I)cc3c2=O)c1. The number of aromatic nitrogens is 3. The highest BCUT2D eigenvalue weighted by Crippen LogP contribution is 2.27. The molecule has 5 heteroatoms. The van der Waals surface area contributed by atoms with E-state index < -0.39 is 0 Å². The van der Waals surface area contributed by atoms with Crippen molar-refractivity contribution in [2.45, 2.75) is 13.8 Å². The van der Waals surface area contributed by atoms with Gasteiger partial charge in [0.25, 0.3) is 5.56 Å². The van der Waals surface area contributed by atoms with E-state index in [-0.39, 0.29) is 5.56 Å². The second-order valence-electron chi connectivity index (χ2n) is 8.02. The van der Waals surface area contributed by atoms with E-state index >= 15 is 0 Å². The molecule has 0 unspecified atom stereocenters. The van der Waals surface area contributed by atoms with Crippen LogP contribution in [0.5, 0.6) is 0 Å². The fourth-order valence-electron chi connectivity index (χ4n) is 4.22. The maximum Gasteiger partial charge on any atom is 0.266 e. The summed E-state index contributed by atoms with van der Waals surface area (Å²) in [6, 6.07) is 22.1. The molecule has 0 aliphatic carbocycles. The number of aryl methyl sites for hydroxylation is 2. The lowest BCUT2D eigenvalue weighted by molar-refractivity contribution is 0.916. The van der Waals surface area contributed by atoms with Crippen molar-refractivity contribution in [3.05, 3.63) is 103 Å². The predicted molar refractivity (Wildman–Crippen MR) is 141 cm³/mol. The van der Waals surface area contributed by atoms with Crippen molar-refractivity contribution in [2.24, 2.45) is 7.05 Å². The first-order valence-electron chi connectivity index (χ1n) is 10.5. The minimum Gasteiger partial charge on any atom is -0.347 e. The molecule has 32 heavy (non-hydrogen) atoms. The second-order valence-corrected chi connectivity index (χ2v) is 9.27. The van der Waals surface area contributed by atoms with Gasteiger partial charge in [-0.2, -0.15) is 0 Å². The number of hydrogen-bond acceptors (Lipinski definition) is 2. The Hall–Kier alpha value is -3.19. The number of hydrogen-bond donors (Lipinski definition) is 0. The highest BCUT2D eigenvalue weighted by Gasteiger charge is 2.13. The van der Waals surface area contributed by atoms with Gasteiger partial charge in [0.2, 0.25) is 0 Å². The normalized spacial score (nSPS) is 11.8. The molecule has 4 nitrogen and oxygen atoms in total. The average Bonchev–Trinajstić information content (AvgIpc) is 3.03. The van der Waals surface area contributed by atoms with Crippen molar-refractivity contribution in [2.75, 3.05) is 0 Å². The van der Waals surface area contributed by atoms with Crippen molar-refractivity contribution in [1.82, 2.24) is 14.1 Å². The number of rotatable bonds is 3. The van der Waals surface area contributed by atoms with Crippen LogP contribution in [0.25, 0.3) is 39.6 Å². The van der Waals surface area contributed by atoms with Crippen molar-refractivity contribution < 1.29 is 0 Å². The van der Waals surface area contributed by atoms with E-state index in [1.807, 2.05) is 55.5 Å². The molecule has 0 saturated carbocycles. The minimum atomic E-state index is -0.0617. The summed E-state index contributed by atoms with van der Waals surface area (Å²) in [5, 5.41) is 1.81. The van der Waals surface area contributed by atoms with Crippen molar-refractivity contribution in [3.63, 3.8) is 0 Å². The van der Waals surface area contributed by atoms with Crippen LogP contribution in [-0.4, -0.2) is 14.1 Å². The third-order valence-electron chi connectivity index (χ3n) is 5.96. The molecule has 0 saturated heterocycles. The molecule has 0 N–H and O–H groups in total. The molecule has 0 fully saturated rings. The van der Waals surface area contributed by atoms with Crippen LogP contribution in [0.4, 0.5) is 0 Å². The molecular weight excluding hydrogens is 509 g/mol. The summed E-state index contributed by atoms with van der Waals surface area (Å²) in [6.45, 7) is 4.14. The smallest absolute Gasteiger partial charge is 0.266 e. The highest BCUT2D eigenvalue weighted by atomic mass is 127. The van der Waals surface area contributed by atoms with Gasteiger partial charge in [-0.05, 0) is 90.6 Å². The first kappa shape index (κ1) is 20.7. The van der Waals surface area contributed by atoms with Gasteiger partial charge in [-0.15, -0.1) is 0 Å². The van der Waals surface area contributed by atoms with E-state index in [2.05, 4.69) is 71.5 Å². The highest BCUT2D eigenvalue weighted by molar-refractivity contribution is 14.1. The third-order valence-corrected chi connectivity index (χ3v) is 6.63. The van der Waals surface area contributed by atoms with Gasteiger partial charge in [0.05, 0.1) is 16.6 Å². The molecule has 3 aromatic carbocycles. The molecule has 0 aliphatic heterocycles. The number of benzene rings is 3. The first-order valence-corrected chi connectivity index (χ1v) is 11.5. The zero-order chi connectivity index (χ0) is 22.4. The van der Waals surface area contributed by atoms with E-state index in [1.165, 1.54) is 16.6 Å². The number of para-hydroxylation sites is 1. The van der Waals surface area contributed by atoms with E-state index in [0.29, 0.717) is 16.7 Å². The fourth-order valence-corrected chi connectivity index (χ4v) is 4.71. The van der Waals surface area contributed by atoms with Crippen molar-refractivity contribution in [1.29, 1.82) is 0 Å². The van der Waals surface area contributed by atoms with Crippen LogP contribution in [0, 0.1) is 17.4 Å². The van der Waals surface area contributed by atoms with Gasteiger partial charge in [-0.3, -0.25) is 9.36 Å². The summed E-state index contributed by atoms with van der Waals surface area (Å²) in [7, 11) is 2.08. The van der Waals surface area contributed by atoms with Gasteiger partial charge >= 0.3 is 0 Å². The van der Waals surface area contributed by atoms with E-state index in [4.69, 9.17) is 4.98 Å². The molecular formula is C27H22IN3O. The fraction of sp³-hybridized carbons (Fsp3) is 0.111. The van der Waals surface area contributed by atoms with Crippen molar-refractivity contribution >= 4 is 56.5 Å². The first-order chi connectivity index (χ1) is 15.4. The minimum absolute atomic E-state index is 0.0617. The van der Waals surface area contributed by atoms with Crippen LogP contribution in [0.1, 0.15) is 22.6 Å². The molecule has 2 heterocycles. The summed E-state index contributed by atoms with van der Waals surface area (Å²) < 4.78 is 4.92. The van der Waals surface area contributed by atoms with Gasteiger partial charge in [-0.1, -0.05) is 30.3 Å². The Morgan fingerprint density at radius 2 is 1.72 bits per heavy atom. The lowest BCUT2D eigenvalue weighted by Crippen LogP contribution is -2.22. The Morgan fingerprint density at radius 3 is 2.53 bits per heavy atom. The zero-order valence-electron chi connectivity index (χ0n) is 18.1. The predicted octanol–water partition coefficient (Wildman–Crippen LogP) is 6.27. The topological polar surface area (TPSA) is 39.8 Å². The largest absolute Gasteiger partial charge is 0.347 e. The summed E-state index contributed by atoms with van der Waals surface area (Å²) in [5.74, 6) is 0.613. The van der Waals surface area contributed by atoms with Crippen LogP contribution in [0.2, 0.25) is 0 Å². The molecule has 158 valence electrons. The van der Waals surface area contributed by atoms with Gasteiger partial charge in [0.15, 0.2) is 0 Å². The number of nitrogens with zero attached hydrogens (tertiary/aromatic N) is 3.